The lowest BCUT2D eigenvalue weighted by Gasteiger charge is -2.19. The molecule has 1 aliphatic heterocycles. The van der Waals surface area contributed by atoms with E-state index < -0.39 is 0 Å². The highest BCUT2D eigenvalue weighted by molar-refractivity contribution is 5.64. The van der Waals surface area contributed by atoms with Crippen molar-refractivity contribution in [1.82, 2.24) is 24.6 Å². The summed E-state index contributed by atoms with van der Waals surface area (Å²) in [6.45, 7) is 4.39. The summed E-state index contributed by atoms with van der Waals surface area (Å²) in [5, 5.41) is 7.85. The maximum Gasteiger partial charge on any atom is 0.0955 e. The van der Waals surface area contributed by atoms with Gasteiger partial charge in [0.25, 0.3) is 0 Å². The quantitative estimate of drug-likeness (QED) is 0.786. The van der Waals surface area contributed by atoms with Crippen LogP contribution < -0.4 is 0 Å². The van der Waals surface area contributed by atoms with Crippen LogP contribution in [0.15, 0.2) is 49.1 Å². The van der Waals surface area contributed by atoms with Gasteiger partial charge < -0.3 is 9.47 Å². The maximum absolute atomic E-state index is 4.58. The van der Waals surface area contributed by atoms with Gasteiger partial charge in [-0.05, 0) is 19.4 Å². The molecule has 24 heavy (non-hydrogen) atoms. The van der Waals surface area contributed by atoms with Crippen molar-refractivity contribution < 1.29 is 0 Å². The van der Waals surface area contributed by atoms with E-state index in [9.17, 15) is 0 Å². The first-order valence-electron chi connectivity index (χ1n) is 8.70. The first kappa shape index (κ1) is 15.1. The number of hydrogen-bond acceptors (Lipinski definition) is 3. The number of rotatable bonds is 5. The number of benzene rings is 1. The predicted octanol–water partition coefficient (Wildman–Crippen LogP) is 2.76. The lowest BCUT2D eigenvalue weighted by atomic mass is 10.0. The summed E-state index contributed by atoms with van der Waals surface area (Å²) < 4.78 is 2.15. The number of aryl methyl sites for hydroxylation is 1. The van der Waals surface area contributed by atoms with Crippen LogP contribution in [0.25, 0.3) is 11.3 Å². The summed E-state index contributed by atoms with van der Waals surface area (Å²) in [6, 6.07) is 10.5. The number of aromatic nitrogens is 4. The van der Waals surface area contributed by atoms with Crippen molar-refractivity contribution in [1.29, 1.82) is 0 Å². The first-order valence-corrected chi connectivity index (χ1v) is 8.70. The van der Waals surface area contributed by atoms with Crippen LogP contribution in [0.3, 0.4) is 0 Å². The minimum Gasteiger partial charge on any atom is -0.337 e. The Morgan fingerprint density at radius 2 is 1.92 bits per heavy atom. The SMILES string of the molecule is c1ccc(-c2n[nH]c3c2CCN(CCCn2ccnc2)CC3)cc1. The second-order valence-electron chi connectivity index (χ2n) is 6.39. The van der Waals surface area contributed by atoms with Crippen molar-refractivity contribution in [3.63, 3.8) is 0 Å². The Hall–Kier alpha value is -2.40. The van der Waals surface area contributed by atoms with Crippen LogP contribution in [-0.2, 0) is 19.4 Å². The normalized spacial score (nSPS) is 15.2. The molecule has 0 spiro atoms. The van der Waals surface area contributed by atoms with Gasteiger partial charge >= 0.3 is 0 Å². The van der Waals surface area contributed by atoms with Crippen molar-refractivity contribution in [3.8, 4) is 11.3 Å². The van der Waals surface area contributed by atoms with E-state index in [1.807, 2.05) is 18.7 Å². The molecule has 4 rings (SSSR count). The van der Waals surface area contributed by atoms with E-state index in [1.54, 1.807) is 0 Å². The van der Waals surface area contributed by atoms with Gasteiger partial charge in [0.1, 0.15) is 0 Å². The van der Waals surface area contributed by atoms with E-state index in [1.165, 1.54) is 16.8 Å². The summed E-state index contributed by atoms with van der Waals surface area (Å²) in [4.78, 5) is 6.67. The second-order valence-corrected chi connectivity index (χ2v) is 6.39. The van der Waals surface area contributed by atoms with Gasteiger partial charge in [-0.3, -0.25) is 5.10 Å². The Balaban J connectivity index is 1.38. The lowest BCUT2D eigenvalue weighted by Crippen LogP contribution is -2.28. The van der Waals surface area contributed by atoms with Crippen LogP contribution in [0.1, 0.15) is 17.7 Å². The number of hydrogen-bond donors (Lipinski definition) is 1. The van der Waals surface area contributed by atoms with E-state index in [0.29, 0.717) is 0 Å². The number of nitrogens with one attached hydrogen (secondary N) is 1. The molecule has 1 N–H and O–H groups in total. The smallest absolute Gasteiger partial charge is 0.0955 e. The third-order valence-corrected chi connectivity index (χ3v) is 4.81. The molecule has 5 heteroatoms. The van der Waals surface area contributed by atoms with E-state index in [4.69, 9.17) is 0 Å². The number of imidazole rings is 1. The molecule has 2 aromatic heterocycles. The zero-order chi connectivity index (χ0) is 16.2. The molecule has 0 amide bonds. The fraction of sp³-hybridized carbons (Fsp3) is 0.368. The van der Waals surface area contributed by atoms with E-state index >= 15 is 0 Å². The second kappa shape index (κ2) is 7.01. The summed E-state index contributed by atoms with van der Waals surface area (Å²) in [5.41, 5.74) is 5.05. The van der Waals surface area contributed by atoms with Gasteiger partial charge in [0, 0.05) is 55.3 Å². The van der Waals surface area contributed by atoms with E-state index in [0.717, 1.165) is 51.1 Å². The fourth-order valence-electron chi connectivity index (χ4n) is 3.48. The Morgan fingerprint density at radius 3 is 2.75 bits per heavy atom. The van der Waals surface area contributed by atoms with Crippen LogP contribution in [0.2, 0.25) is 0 Å². The highest BCUT2D eigenvalue weighted by Crippen LogP contribution is 2.26. The Labute approximate surface area is 142 Å². The Bertz CT molecular complexity index is 760. The fourth-order valence-corrected chi connectivity index (χ4v) is 3.48. The molecule has 0 saturated carbocycles. The molecule has 1 aliphatic rings. The Morgan fingerprint density at radius 1 is 1.04 bits per heavy atom. The van der Waals surface area contributed by atoms with Crippen LogP contribution in [0.5, 0.6) is 0 Å². The van der Waals surface area contributed by atoms with Crippen molar-refractivity contribution in [2.75, 3.05) is 19.6 Å². The zero-order valence-corrected chi connectivity index (χ0v) is 13.9. The molecule has 5 nitrogen and oxygen atoms in total. The van der Waals surface area contributed by atoms with E-state index in [-0.39, 0.29) is 0 Å². The van der Waals surface area contributed by atoms with Gasteiger partial charge in [-0.2, -0.15) is 5.10 Å². The van der Waals surface area contributed by atoms with Crippen LogP contribution in [0.4, 0.5) is 0 Å². The third-order valence-electron chi connectivity index (χ3n) is 4.81. The minimum absolute atomic E-state index is 1.04. The molecule has 3 aromatic rings. The number of fused-ring (bicyclic) bond motifs is 1. The topological polar surface area (TPSA) is 49.7 Å². The number of H-pyrrole nitrogens is 1. The molecule has 0 aliphatic carbocycles. The van der Waals surface area contributed by atoms with Gasteiger partial charge in [-0.1, -0.05) is 30.3 Å². The average Bonchev–Trinajstić information content (AvgIpc) is 3.23. The van der Waals surface area contributed by atoms with Crippen molar-refractivity contribution in [3.05, 3.63) is 60.3 Å². The van der Waals surface area contributed by atoms with Gasteiger partial charge in [0.05, 0.1) is 12.0 Å². The number of aromatic amines is 1. The maximum atomic E-state index is 4.58. The molecule has 3 heterocycles. The lowest BCUT2D eigenvalue weighted by molar-refractivity contribution is 0.277. The zero-order valence-electron chi connectivity index (χ0n) is 13.9. The standard InChI is InChI=1S/C19H23N5/c1-2-5-16(6-3-1)19-17-7-12-23(13-8-18(17)21-22-19)10-4-11-24-14-9-20-15-24/h1-3,5-6,9,14-15H,4,7-8,10-13H2,(H,21,22). The average molecular weight is 321 g/mol. The van der Waals surface area contributed by atoms with Crippen LogP contribution in [0, 0.1) is 0 Å². The molecular weight excluding hydrogens is 298 g/mol. The molecule has 0 bridgehead atoms. The molecule has 0 unspecified atom stereocenters. The van der Waals surface area contributed by atoms with Crippen LogP contribution in [-0.4, -0.2) is 44.3 Å². The highest BCUT2D eigenvalue weighted by Gasteiger charge is 2.19. The highest BCUT2D eigenvalue weighted by atomic mass is 15.2. The Kier molecular flexibility index (Phi) is 4.42. The largest absolute Gasteiger partial charge is 0.337 e. The molecule has 0 atom stereocenters. The van der Waals surface area contributed by atoms with Crippen molar-refractivity contribution >= 4 is 0 Å². The number of nitrogens with zero attached hydrogens (tertiary/aromatic N) is 4. The molecule has 0 saturated heterocycles. The molecular formula is C19H23N5. The summed E-state index contributed by atoms with van der Waals surface area (Å²) in [5.74, 6) is 0. The van der Waals surface area contributed by atoms with Gasteiger partial charge in [0.2, 0.25) is 0 Å². The minimum atomic E-state index is 1.04. The van der Waals surface area contributed by atoms with E-state index in [2.05, 4.69) is 55.0 Å². The molecule has 1 aromatic carbocycles. The molecule has 0 fully saturated rings. The van der Waals surface area contributed by atoms with Gasteiger partial charge in [-0.25, -0.2) is 4.98 Å². The van der Waals surface area contributed by atoms with Crippen molar-refractivity contribution in [2.45, 2.75) is 25.8 Å². The predicted molar refractivity (Wildman–Crippen MR) is 94.7 cm³/mol. The molecule has 124 valence electrons. The summed E-state index contributed by atoms with van der Waals surface area (Å²) in [6.07, 6.45) is 9.06. The monoisotopic (exact) mass is 321 g/mol. The summed E-state index contributed by atoms with van der Waals surface area (Å²) >= 11 is 0. The van der Waals surface area contributed by atoms with Gasteiger partial charge in [-0.15, -0.1) is 0 Å². The third kappa shape index (κ3) is 3.26. The first-order chi connectivity index (χ1) is 11.9. The summed E-state index contributed by atoms with van der Waals surface area (Å²) in [7, 11) is 0. The van der Waals surface area contributed by atoms with Gasteiger partial charge in [0.15, 0.2) is 0 Å². The van der Waals surface area contributed by atoms with Crippen LogP contribution >= 0.6 is 0 Å². The molecule has 0 radical (unpaired) electrons. The van der Waals surface area contributed by atoms with Crippen molar-refractivity contribution in [2.24, 2.45) is 0 Å².